The van der Waals surface area contributed by atoms with Crippen molar-refractivity contribution >= 4 is 41.1 Å². The van der Waals surface area contributed by atoms with Crippen molar-refractivity contribution in [3.05, 3.63) is 107 Å². The molecule has 0 atom stereocenters. The Balaban J connectivity index is 0.000000241. The molecule has 0 aromatic heterocycles. The van der Waals surface area contributed by atoms with Gasteiger partial charge in [-0.15, -0.1) is 0 Å². The average Bonchev–Trinajstić information content (AvgIpc) is 2.88. The Morgan fingerprint density at radius 3 is 1.32 bits per heavy atom. The molecule has 0 radical (unpaired) electrons. The number of para-hydroxylation sites is 2. The summed E-state index contributed by atoms with van der Waals surface area (Å²) in [6.45, 7) is 6.89. The monoisotopic (exact) mass is 618 g/mol. The SMILES string of the molecule is COc1cc(C)c(S(=O)(=O)Cl)c(C)c1.COc1cc(C)c(S(=O)(=O)Nc2ccccc2)c(C)c1.Nc1ccccc1. The first-order valence-electron chi connectivity index (χ1n) is 12.3. The molecule has 0 saturated heterocycles. The van der Waals surface area contributed by atoms with Crippen LogP contribution in [0.3, 0.4) is 0 Å². The molecule has 11 heteroatoms. The number of sulfonamides is 1. The van der Waals surface area contributed by atoms with Gasteiger partial charge in [0.1, 0.15) is 11.5 Å². The standard InChI is InChI=1S/C15H17NO3S.C9H11ClO3S.C6H7N/c1-11-9-14(19-3)10-12(2)15(11)20(17,18)16-13-7-5-4-6-8-13;1-6-4-8(13-3)5-7(2)9(6)14(10,11)12;7-6-4-2-1-3-5-6/h4-10,16H,1-3H3;4-5H,1-3H3;1-5H,7H2. The van der Waals surface area contributed by atoms with Crippen LogP contribution >= 0.6 is 10.7 Å². The second-order valence-corrected chi connectivity index (χ2v) is 13.1. The van der Waals surface area contributed by atoms with E-state index < -0.39 is 19.1 Å². The minimum Gasteiger partial charge on any atom is -0.497 e. The molecule has 0 aliphatic carbocycles. The molecule has 4 rings (SSSR count). The second kappa shape index (κ2) is 14.8. The molecule has 4 aromatic carbocycles. The van der Waals surface area contributed by atoms with E-state index in [9.17, 15) is 16.8 Å². The lowest BCUT2D eigenvalue weighted by molar-refractivity contribution is 0.413. The average molecular weight is 619 g/mol. The Bertz CT molecular complexity index is 1620. The van der Waals surface area contributed by atoms with E-state index >= 15 is 0 Å². The van der Waals surface area contributed by atoms with Crippen molar-refractivity contribution in [3.8, 4) is 11.5 Å². The number of aryl methyl sites for hydroxylation is 4. The fourth-order valence-corrected chi connectivity index (χ4v) is 7.16. The summed E-state index contributed by atoms with van der Waals surface area (Å²) in [4.78, 5) is 0.460. The lowest BCUT2D eigenvalue weighted by Crippen LogP contribution is -2.15. The number of nitrogens with two attached hydrogens (primary N) is 1. The zero-order valence-corrected chi connectivity index (χ0v) is 26.2. The molecule has 0 aliphatic heterocycles. The predicted octanol–water partition coefficient (Wildman–Crippen LogP) is 6.62. The number of methoxy groups -OCH3 is 2. The van der Waals surface area contributed by atoms with Gasteiger partial charge in [0.25, 0.3) is 19.1 Å². The molecule has 0 bridgehead atoms. The van der Waals surface area contributed by atoms with Crippen LogP contribution in [0.5, 0.6) is 11.5 Å². The van der Waals surface area contributed by atoms with Gasteiger partial charge >= 0.3 is 0 Å². The third kappa shape index (κ3) is 10.00. The van der Waals surface area contributed by atoms with Crippen LogP contribution in [-0.2, 0) is 19.1 Å². The van der Waals surface area contributed by atoms with Crippen LogP contribution in [0.4, 0.5) is 11.4 Å². The van der Waals surface area contributed by atoms with Crippen LogP contribution in [0.1, 0.15) is 22.3 Å². The molecular weight excluding hydrogens is 584 g/mol. The quantitative estimate of drug-likeness (QED) is 0.184. The Morgan fingerprint density at radius 1 is 0.634 bits per heavy atom. The van der Waals surface area contributed by atoms with E-state index in [0.29, 0.717) is 44.3 Å². The molecule has 0 aliphatic rings. The summed E-state index contributed by atoms with van der Waals surface area (Å²) < 4.78 is 60.1. The highest BCUT2D eigenvalue weighted by Crippen LogP contribution is 2.28. The topological polar surface area (TPSA) is 125 Å². The van der Waals surface area contributed by atoms with E-state index in [0.717, 1.165) is 5.69 Å². The van der Waals surface area contributed by atoms with Crippen LogP contribution < -0.4 is 19.9 Å². The van der Waals surface area contributed by atoms with Gasteiger partial charge in [0.05, 0.1) is 24.0 Å². The Kier molecular flexibility index (Phi) is 12.1. The number of nitrogen functional groups attached to an aromatic ring is 1. The normalized spacial score (nSPS) is 10.8. The fourth-order valence-electron chi connectivity index (χ4n) is 4.03. The van der Waals surface area contributed by atoms with Gasteiger partial charge in [-0.1, -0.05) is 36.4 Å². The Morgan fingerprint density at radius 2 is 1.00 bits per heavy atom. The number of hydrogen-bond acceptors (Lipinski definition) is 7. The van der Waals surface area contributed by atoms with E-state index in [1.54, 1.807) is 83.3 Å². The number of rotatable bonds is 6. The summed E-state index contributed by atoms with van der Waals surface area (Å²) in [5.41, 5.74) is 9.23. The maximum atomic E-state index is 12.5. The van der Waals surface area contributed by atoms with Gasteiger partial charge in [-0.3, -0.25) is 4.72 Å². The van der Waals surface area contributed by atoms with Gasteiger partial charge in [0.2, 0.25) is 0 Å². The molecular formula is C30H35ClN2O6S2. The van der Waals surface area contributed by atoms with E-state index in [4.69, 9.17) is 25.9 Å². The van der Waals surface area contributed by atoms with Crippen molar-refractivity contribution in [1.82, 2.24) is 0 Å². The van der Waals surface area contributed by atoms with E-state index in [1.165, 1.54) is 7.11 Å². The lowest BCUT2D eigenvalue weighted by Gasteiger charge is -2.14. The summed E-state index contributed by atoms with van der Waals surface area (Å²) in [7, 11) is 1.11. The van der Waals surface area contributed by atoms with Crippen LogP contribution in [-0.4, -0.2) is 31.1 Å². The summed E-state index contributed by atoms with van der Waals surface area (Å²) in [6, 6.07) is 25.0. The number of hydrogen-bond donors (Lipinski definition) is 2. The molecule has 0 unspecified atom stereocenters. The number of anilines is 2. The maximum Gasteiger partial charge on any atom is 0.262 e. The highest BCUT2D eigenvalue weighted by Gasteiger charge is 2.20. The summed E-state index contributed by atoms with van der Waals surface area (Å²) in [5.74, 6) is 1.28. The minimum absolute atomic E-state index is 0.167. The van der Waals surface area contributed by atoms with Crippen molar-refractivity contribution in [2.75, 3.05) is 24.7 Å². The van der Waals surface area contributed by atoms with E-state index in [1.807, 2.05) is 36.4 Å². The smallest absolute Gasteiger partial charge is 0.262 e. The number of halogens is 1. The van der Waals surface area contributed by atoms with Gasteiger partial charge in [0, 0.05) is 22.1 Å². The molecule has 0 spiro atoms. The van der Waals surface area contributed by atoms with Crippen molar-refractivity contribution in [3.63, 3.8) is 0 Å². The first-order chi connectivity index (χ1) is 19.2. The Hall–Kier alpha value is -3.73. The van der Waals surface area contributed by atoms with Gasteiger partial charge in [-0.25, -0.2) is 16.8 Å². The molecule has 3 N–H and O–H groups in total. The molecule has 8 nitrogen and oxygen atoms in total. The maximum absolute atomic E-state index is 12.5. The van der Waals surface area contributed by atoms with Gasteiger partial charge < -0.3 is 15.2 Å². The third-order valence-electron chi connectivity index (χ3n) is 5.68. The van der Waals surface area contributed by atoms with Crippen molar-refractivity contribution in [1.29, 1.82) is 0 Å². The van der Waals surface area contributed by atoms with Gasteiger partial charge in [-0.05, 0) is 98.5 Å². The number of benzene rings is 4. The molecule has 4 aromatic rings. The molecule has 0 heterocycles. The third-order valence-corrected chi connectivity index (χ3v) is 8.96. The Labute approximate surface area is 247 Å². The van der Waals surface area contributed by atoms with Crippen molar-refractivity contribution in [2.45, 2.75) is 37.5 Å². The largest absolute Gasteiger partial charge is 0.497 e. The first-order valence-corrected chi connectivity index (χ1v) is 16.1. The minimum atomic E-state index is -3.67. The number of nitrogens with one attached hydrogen (secondary N) is 1. The second-order valence-electron chi connectivity index (χ2n) is 9.00. The van der Waals surface area contributed by atoms with Crippen LogP contribution in [0.25, 0.3) is 0 Å². The van der Waals surface area contributed by atoms with Gasteiger partial charge in [0.15, 0.2) is 0 Å². The summed E-state index contributed by atoms with van der Waals surface area (Å²) in [6.07, 6.45) is 0. The zero-order valence-electron chi connectivity index (χ0n) is 23.8. The molecule has 0 amide bonds. The van der Waals surface area contributed by atoms with Crippen LogP contribution in [0.15, 0.2) is 94.7 Å². The van der Waals surface area contributed by atoms with Crippen molar-refractivity contribution in [2.24, 2.45) is 0 Å². The fraction of sp³-hybridized carbons (Fsp3) is 0.200. The highest BCUT2D eigenvalue weighted by atomic mass is 35.7. The summed E-state index contributed by atoms with van der Waals surface area (Å²) in [5, 5.41) is 0. The summed E-state index contributed by atoms with van der Waals surface area (Å²) >= 11 is 0. The predicted molar refractivity (Wildman–Crippen MR) is 166 cm³/mol. The molecule has 0 saturated carbocycles. The van der Waals surface area contributed by atoms with E-state index in [2.05, 4.69) is 4.72 Å². The highest BCUT2D eigenvalue weighted by molar-refractivity contribution is 8.13. The van der Waals surface area contributed by atoms with E-state index in [-0.39, 0.29) is 4.90 Å². The molecule has 41 heavy (non-hydrogen) atoms. The first kappa shape index (κ1) is 33.5. The van der Waals surface area contributed by atoms with Crippen molar-refractivity contribution < 1.29 is 26.3 Å². The lowest BCUT2D eigenvalue weighted by atomic mass is 10.1. The number of ether oxygens (including phenoxy) is 2. The van der Waals surface area contributed by atoms with Gasteiger partial charge in [-0.2, -0.15) is 0 Å². The van der Waals surface area contributed by atoms with Crippen LogP contribution in [0.2, 0.25) is 0 Å². The zero-order chi connectivity index (χ0) is 30.8. The molecule has 220 valence electrons. The molecule has 0 fully saturated rings. The van der Waals surface area contributed by atoms with Crippen LogP contribution in [0, 0.1) is 27.7 Å².